The molecule has 0 unspecified atom stereocenters. The molecule has 0 spiro atoms. The van der Waals surface area contributed by atoms with Crippen molar-refractivity contribution in [3.05, 3.63) is 0 Å². The molecule has 4 nitrogen and oxygen atoms in total. The molecule has 1 fully saturated rings. The van der Waals surface area contributed by atoms with Crippen LogP contribution in [0.25, 0.3) is 0 Å². The van der Waals surface area contributed by atoms with Crippen LogP contribution in [0.4, 0.5) is 0 Å². The number of nitrogens with zero attached hydrogens (tertiary/aromatic N) is 1. The summed E-state index contributed by atoms with van der Waals surface area (Å²) in [7, 11) is -2.80. The summed E-state index contributed by atoms with van der Waals surface area (Å²) in [6, 6.07) is 0. The molecular formula is C8H17NO3S. The van der Waals surface area contributed by atoms with Crippen molar-refractivity contribution in [2.45, 2.75) is 6.42 Å². The average Bonchev–Trinajstić information content (AvgIpc) is 1.91. The zero-order valence-electron chi connectivity index (χ0n) is 7.94. The number of rotatable bonds is 5. The van der Waals surface area contributed by atoms with E-state index in [0.717, 1.165) is 19.6 Å². The number of hydrogen-bond acceptors (Lipinski definition) is 4. The van der Waals surface area contributed by atoms with Gasteiger partial charge in [0.1, 0.15) is 9.84 Å². The van der Waals surface area contributed by atoms with Gasteiger partial charge in [0, 0.05) is 31.9 Å². The fraction of sp³-hybridized carbons (Fsp3) is 1.00. The summed E-state index contributed by atoms with van der Waals surface area (Å²) in [6.07, 6.45) is 1.97. The first-order valence-corrected chi connectivity index (χ1v) is 6.58. The van der Waals surface area contributed by atoms with Gasteiger partial charge in [-0.1, -0.05) is 0 Å². The van der Waals surface area contributed by atoms with Crippen molar-refractivity contribution in [2.75, 3.05) is 38.2 Å². The van der Waals surface area contributed by atoms with Crippen LogP contribution in [0.15, 0.2) is 0 Å². The zero-order valence-corrected chi connectivity index (χ0v) is 8.76. The lowest BCUT2D eigenvalue weighted by Gasteiger charge is -2.38. The third kappa shape index (κ3) is 4.06. The summed E-state index contributed by atoms with van der Waals surface area (Å²) in [5, 5.41) is 8.74. The Morgan fingerprint density at radius 1 is 1.46 bits per heavy atom. The molecule has 78 valence electrons. The van der Waals surface area contributed by atoms with Crippen molar-refractivity contribution >= 4 is 9.84 Å². The van der Waals surface area contributed by atoms with Gasteiger partial charge in [-0.3, -0.25) is 0 Å². The first kappa shape index (κ1) is 10.9. The number of sulfone groups is 1. The van der Waals surface area contributed by atoms with E-state index < -0.39 is 9.84 Å². The molecule has 1 rings (SSSR count). The summed E-state index contributed by atoms with van der Waals surface area (Å²) in [4.78, 5) is 2.17. The van der Waals surface area contributed by atoms with Crippen LogP contribution < -0.4 is 0 Å². The summed E-state index contributed by atoms with van der Waals surface area (Å²) in [5.41, 5.74) is 0. The fourth-order valence-electron chi connectivity index (χ4n) is 1.53. The standard InChI is InChI=1S/C8H17NO3S/c1-13(11,12)4-2-3-9-5-8(6-9)7-10/h8,10H,2-7H2,1H3. The molecule has 1 N–H and O–H groups in total. The summed E-state index contributed by atoms with van der Waals surface area (Å²) < 4.78 is 21.6. The summed E-state index contributed by atoms with van der Waals surface area (Å²) >= 11 is 0. The molecule has 1 saturated heterocycles. The van der Waals surface area contributed by atoms with Gasteiger partial charge in [0.25, 0.3) is 0 Å². The van der Waals surface area contributed by atoms with Crippen molar-refractivity contribution in [1.82, 2.24) is 4.90 Å². The van der Waals surface area contributed by atoms with Gasteiger partial charge in [-0.2, -0.15) is 0 Å². The Bertz CT molecular complexity index is 244. The van der Waals surface area contributed by atoms with E-state index in [1.807, 2.05) is 0 Å². The Hall–Kier alpha value is -0.130. The SMILES string of the molecule is CS(=O)(=O)CCCN1CC(CO)C1. The van der Waals surface area contributed by atoms with E-state index in [4.69, 9.17) is 5.11 Å². The Labute approximate surface area is 79.5 Å². The van der Waals surface area contributed by atoms with Crippen LogP contribution in [0.3, 0.4) is 0 Å². The topological polar surface area (TPSA) is 57.6 Å². The minimum absolute atomic E-state index is 0.253. The van der Waals surface area contributed by atoms with Crippen LogP contribution in [0.5, 0.6) is 0 Å². The predicted octanol–water partition coefficient (Wildman–Crippen LogP) is -0.655. The van der Waals surface area contributed by atoms with Crippen molar-refractivity contribution in [3.8, 4) is 0 Å². The van der Waals surface area contributed by atoms with Gasteiger partial charge in [0.2, 0.25) is 0 Å². The highest BCUT2D eigenvalue weighted by Gasteiger charge is 2.25. The van der Waals surface area contributed by atoms with Crippen LogP contribution in [0.2, 0.25) is 0 Å². The normalized spacial score (nSPS) is 20.2. The highest BCUT2D eigenvalue weighted by molar-refractivity contribution is 7.90. The number of hydrogen-bond donors (Lipinski definition) is 1. The zero-order chi connectivity index (χ0) is 9.90. The van der Waals surface area contributed by atoms with Crippen LogP contribution in [-0.4, -0.2) is 56.7 Å². The molecule has 1 aliphatic rings. The van der Waals surface area contributed by atoms with E-state index in [-0.39, 0.29) is 12.4 Å². The van der Waals surface area contributed by atoms with Crippen molar-refractivity contribution in [3.63, 3.8) is 0 Å². The van der Waals surface area contributed by atoms with Gasteiger partial charge in [-0.25, -0.2) is 8.42 Å². The van der Waals surface area contributed by atoms with E-state index in [2.05, 4.69) is 4.90 Å². The smallest absolute Gasteiger partial charge is 0.147 e. The molecule has 0 aromatic carbocycles. The van der Waals surface area contributed by atoms with E-state index in [1.54, 1.807) is 0 Å². The van der Waals surface area contributed by atoms with Gasteiger partial charge in [-0.15, -0.1) is 0 Å². The molecule has 0 aliphatic carbocycles. The fourth-order valence-corrected chi connectivity index (χ4v) is 2.18. The maximum atomic E-state index is 10.8. The van der Waals surface area contributed by atoms with E-state index in [1.165, 1.54) is 6.26 Å². The maximum absolute atomic E-state index is 10.8. The van der Waals surface area contributed by atoms with Gasteiger partial charge in [0.05, 0.1) is 5.75 Å². The van der Waals surface area contributed by atoms with Gasteiger partial charge in [0.15, 0.2) is 0 Å². The quantitative estimate of drug-likeness (QED) is 0.650. The average molecular weight is 207 g/mol. The molecule has 0 aromatic heterocycles. The van der Waals surface area contributed by atoms with Gasteiger partial charge in [-0.05, 0) is 13.0 Å². The van der Waals surface area contributed by atoms with Crippen LogP contribution in [0, 0.1) is 5.92 Å². The minimum Gasteiger partial charge on any atom is -0.396 e. The first-order chi connectivity index (χ1) is 6.01. The van der Waals surface area contributed by atoms with E-state index in [0.29, 0.717) is 12.3 Å². The first-order valence-electron chi connectivity index (χ1n) is 4.52. The Balaban J connectivity index is 2.03. The third-order valence-electron chi connectivity index (χ3n) is 2.28. The van der Waals surface area contributed by atoms with Gasteiger partial charge < -0.3 is 10.0 Å². The number of likely N-dealkylation sites (tertiary alicyclic amines) is 1. The van der Waals surface area contributed by atoms with Crippen molar-refractivity contribution in [2.24, 2.45) is 5.92 Å². The van der Waals surface area contributed by atoms with E-state index >= 15 is 0 Å². The summed E-state index contributed by atoms with van der Waals surface area (Å²) in [6.45, 7) is 2.92. The van der Waals surface area contributed by atoms with Crippen LogP contribution in [-0.2, 0) is 9.84 Å². The molecule has 0 saturated carbocycles. The third-order valence-corrected chi connectivity index (χ3v) is 3.31. The maximum Gasteiger partial charge on any atom is 0.147 e. The second-order valence-corrected chi connectivity index (χ2v) is 6.05. The summed E-state index contributed by atoms with van der Waals surface area (Å²) in [5.74, 6) is 0.686. The lowest BCUT2D eigenvalue weighted by Crippen LogP contribution is -2.48. The highest BCUT2D eigenvalue weighted by atomic mass is 32.2. The Kier molecular flexibility index (Phi) is 3.70. The van der Waals surface area contributed by atoms with Crippen LogP contribution in [0.1, 0.15) is 6.42 Å². The second-order valence-electron chi connectivity index (χ2n) is 3.79. The molecular weight excluding hydrogens is 190 g/mol. The molecule has 0 amide bonds. The number of aliphatic hydroxyl groups is 1. The molecule has 1 heterocycles. The largest absolute Gasteiger partial charge is 0.396 e. The van der Waals surface area contributed by atoms with Crippen molar-refractivity contribution in [1.29, 1.82) is 0 Å². The lowest BCUT2D eigenvalue weighted by atomic mass is 10.0. The monoisotopic (exact) mass is 207 g/mol. The molecule has 5 heteroatoms. The second kappa shape index (κ2) is 4.39. The van der Waals surface area contributed by atoms with E-state index in [9.17, 15) is 8.42 Å². The Morgan fingerprint density at radius 2 is 2.08 bits per heavy atom. The van der Waals surface area contributed by atoms with Crippen molar-refractivity contribution < 1.29 is 13.5 Å². The molecule has 0 atom stereocenters. The van der Waals surface area contributed by atoms with Crippen LogP contribution >= 0.6 is 0 Å². The van der Waals surface area contributed by atoms with Gasteiger partial charge >= 0.3 is 0 Å². The number of aliphatic hydroxyl groups excluding tert-OH is 1. The molecule has 0 radical (unpaired) electrons. The predicted molar refractivity (Wildman–Crippen MR) is 51.3 cm³/mol. The molecule has 13 heavy (non-hydrogen) atoms. The molecule has 0 bridgehead atoms. The molecule has 0 aromatic rings. The Morgan fingerprint density at radius 3 is 2.54 bits per heavy atom. The minimum atomic E-state index is -2.80. The molecule has 1 aliphatic heterocycles. The highest BCUT2D eigenvalue weighted by Crippen LogP contribution is 2.14. The lowest BCUT2D eigenvalue weighted by molar-refractivity contribution is 0.0544.